The minimum atomic E-state index is -0.946. The Morgan fingerprint density at radius 1 is 1.06 bits per heavy atom. The molecule has 164 valence electrons. The molecule has 0 N–H and O–H groups in total. The number of esters is 1. The normalized spacial score (nSPS) is 23.7. The summed E-state index contributed by atoms with van der Waals surface area (Å²) in [5.41, 5.74) is 1.53. The maximum Gasteiger partial charge on any atom is 0.329 e. The number of ether oxygens (including phenoxy) is 1. The lowest BCUT2D eigenvalue weighted by Crippen LogP contribution is -2.64. The van der Waals surface area contributed by atoms with Crippen LogP contribution in [0.3, 0.4) is 0 Å². The second-order valence-corrected chi connectivity index (χ2v) is 8.49. The van der Waals surface area contributed by atoms with E-state index in [1.165, 1.54) is 16.9 Å². The molecule has 3 heterocycles. The lowest BCUT2D eigenvalue weighted by atomic mass is 9.98. The largest absolute Gasteiger partial charge is 0.467 e. The van der Waals surface area contributed by atoms with Crippen LogP contribution in [0.25, 0.3) is 0 Å². The molecule has 0 saturated carbocycles. The number of carbonyl (C=O) groups is 4. The molecule has 1 saturated heterocycles. The molecule has 3 amide bonds. The number of carbonyl (C=O) groups excluding carboxylic acids is 4. The molecule has 1 fully saturated rings. The molecule has 5 rings (SSSR count). The summed E-state index contributed by atoms with van der Waals surface area (Å²) in [7, 11) is 1.29. The summed E-state index contributed by atoms with van der Waals surface area (Å²) in [4.78, 5) is 56.8. The van der Waals surface area contributed by atoms with Crippen molar-refractivity contribution in [2.45, 2.75) is 37.9 Å². The summed E-state index contributed by atoms with van der Waals surface area (Å²) in [6, 6.07) is 13.5. The molecule has 0 spiro atoms. The average molecular weight is 433 g/mol. The van der Waals surface area contributed by atoms with Gasteiger partial charge in [-0.25, -0.2) is 4.79 Å². The van der Waals surface area contributed by atoms with Crippen molar-refractivity contribution in [2.75, 3.05) is 23.5 Å². The number of methoxy groups -OCH3 is 1. The molecule has 0 aliphatic carbocycles. The number of benzene rings is 2. The quantitative estimate of drug-likeness (QED) is 0.692. The van der Waals surface area contributed by atoms with Gasteiger partial charge < -0.3 is 9.64 Å². The minimum absolute atomic E-state index is 0.0798. The van der Waals surface area contributed by atoms with Crippen LogP contribution >= 0.6 is 0 Å². The van der Waals surface area contributed by atoms with Gasteiger partial charge >= 0.3 is 5.97 Å². The summed E-state index contributed by atoms with van der Waals surface area (Å²) in [6.07, 6.45) is 1.07. The first kappa shape index (κ1) is 20.2. The highest BCUT2D eigenvalue weighted by Gasteiger charge is 2.54. The van der Waals surface area contributed by atoms with Gasteiger partial charge in [-0.3, -0.25) is 24.2 Å². The molecule has 2 aromatic rings. The van der Waals surface area contributed by atoms with Crippen molar-refractivity contribution in [2.24, 2.45) is 0 Å². The van der Waals surface area contributed by atoms with Crippen LogP contribution in [0.2, 0.25) is 0 Å². The van der Waals surface area contributed by atoms with E-state index in [9.17, 15) is 19.2 Å². The topological polar surface area (TPSA) is 87.2 Å². The van der Waals surface area contributed by atoms with Crippen LogP contribution in [0.1, 0.15) is 35.7 Å². The molecule has 3 aliphatic heterocycles. The van der Waals surface area contributed by atoms with Crippen LogP contribution in [-0.4, -0.2) is 54.0 Å². The number of fused-ring (bicyclic) bond motifs is 4. The zero-order valence-corrected chi connectivity index (χ0v) is 17.9. The van der Waals surface area contributed by atoms with E-state index in [-0.39, 0.29) is 18.4 Å². The van der Waals surface area contributed by atoms with E-state index >= 15 is 0 Å². The van der Waals surface area contributed by atoms with Crippen molar-refractivity contribution in [1.29, 1.82) is 0 Å². The van der Waals surface area contributed by atoms with Gasteiger partial charge in [0.15, 0.2) is 0 Å². The third kappa shape index (κ3) is 2.75. The summed E-state index contributed by atoms with van der Waals surface area (Å²) >= 11 is 0. The first-order valence-corrected chi connectivity index (χ1v) is 10.6. The number of rotatable bonds is 3. The first-order valence-electron chi connectivity index (χ1n) is 10.6. The average Bonchev–Trinajstić information content (AvgIpc) is 3.34. The predicted octanol–water partition coefficient (Wildman–Crippen LogP) is 2.12. The van der Waals surface area contributed by atoms with Gasteiger partial charge in [-0.1, -0.05) is 30.3 Å². The summed E-state index contributed by atoms with van der Waals surface area (Å²) in [5.74, 6) is -1.28. The van der Waals surface area contributed by atoms with E-state index in [1.54, 1.807) is 41.3 Å². The molecule has 2 atom stereocenters. The molecular weight excluding hydrogens is 410 g/mol. The molecule has 2 unspecified atom stereocenters. The van der Waals surface area contributed by atoms with Crippen molar-refractivity contribution < 1.29 is 23.9 Å². The lowest BCUT2D eigenvalue weighted by Gasteiger charge is -2.48. The Morgan fingerprint density at radius 2 is 1.75 bits per heavy atom. The molecule has 32 heavy (non-hydrogen) atoms. The molecule has 3 aliphatic rings. The van der Waals surface area contributed by atoms with E-state index in [1.807, 2.05) is 19.1 Å². The van der Waals surface area contributed by atoms with Crippen LogP contribution in [0.4, 0.5) is 11.4 Å². The monoisotopic (exact) mass is 433 g/mol. The second kappa shape index (κ2) is 7.19. The second-order valence-electron chi connectivity index (χ2n) is 8.49. The molecular formula is C24H23N3O5. The van der Waals surface area contributed by atoms with Gasteiger partial charge in [0.25, 0.3) is 5.91 Å². The standard InChI is InChI=1S/C24H23N3O5/c1-24-12-11-20(28)27(24)18-10-6-4-8-16(18)22(30)25(24)14-21(29)26-17-9-5-3-7-15(17)13-19(26)23(31)32-2/h3-10,19H,11-14H2,1-2H3. The molecule has 0 radical (unpaired) electrons. The lowest BCUT2D eigenvalue weighted by molar-refractivity contribution is -0.143. The zero-order chi connectivity index (χ0) is 22.6. The summed E-state index contributed by atoms with van der Waals surface area (Å²) < 4.78 is 4.94. The number of hydrogen-bond donors (Lipinski definition) is 0. The fourth-order valence-electron chi connectivity index (χ4n) is 5.17. The highest BCUT2D eigenvalue weighted by Crippen LogP contribution is 2.44. The Kier molecular flexibility index (Phi) is 4.54. The molecule has 0 bridgehead atoms. The smallest absolute Gasteiger partial charge is 0.329 e. The maximum atomic E-state index is 13.6. The minimum Gasteiger partial charge on any atom is -0.467 e. The zero-order valence-electron chi connectivity index (χ0n) is 17.9. The maximum absolute atomic E-state index is 13.6. The SMILES string of the molecule is COC(=O)C1Cc2ccccc2N1C(=O)CN1C(=O)c2ccccc2N2C(=O)CCC12C. The molecule has 8 heteroatoms. The van der Waals surface area contributed by atoms with Crippen LogP contribution < -0.4 is 9.80 Å². The Morgan fingerprint density at radius 3 is 2.50 bits per heavy atom. The fourth-order valence-corrected chi connectivity index (χ4v) is 5.17. The number of hydrogen-bond acceptors (Lipinski definition) is 5. The summed E-state index contributed by atoms with van der Waals surface area (Å²) in [5, 5.41) is 0. The fraction of sp³-hybridized carbons (Fsp3) is 0.333. The van der Waals surface area contributed by atoms with Crippen molar-refractivity contribution in [3.05, 3.63) is 59.7 Å². The molecule has 8 nitrogen and oxygen atoms in total. The Balaban J connectivity index is 1.53. The molecule has 2 aromatic carbocycles. The van der Waals surface area contributed by atoms with E-state index in [2.05, 4.69) is 0 Å². The number of nitrogens with zero attached hydrogens (tertiary/aromatic N) is 3. The van der Waals surface area contributed by atoms with Gasteiger partial charge in [-0.05, 0) is 37.1 Å². The van der Waals surface area contributed by atoms with Crippen molar-refractivity contribution >= 4 is 35.1 Å². The van der Waals surface area contributed by atoms with Gasteiger partial charge in [-0.2, -0.15) is 0 Å². The Labute approximate surface area is 185 Å². The van der Waals surface area contributed by atoms with Gasteiger partial charge in [0.1, 0.15) is 18.2 Å². The predicted molar refractivity (Wildman–Crippen MR) is 116 cm³/mol. The van der Waals surface area contributed by atoms with Crippen molar-refractivity contribution in [3.8, 4) is 0 Å². The van der Waals surface area contributed by atoms with Gasteiger partial charge in [0.2, 0.25) is 11.8 Å². The third-order valence-electron chi connectivity index (χ3n) is 6.76. The van der Waals surface area contributed by atoms with Gasteiger partial charge in [0.05, 0.1) is 18.4 Å². The number of para-hydroxylation sites is 2. The van der Waals surface area contributed by atoms with Crippen LogP contribution in [0.15, 0.2) is 48.5 Å². The summed E-state index contributed by atoms with van der Waals surface area (Å²) in [6.45, 7) is 1.56. The van der Waals surface area contributed by atoms with E-state index in [0.717, 1.165) is 5.56 Å². The van der Waals surface area contributed by atoms with Crippen LogP contribution in [-0.2, 0) is 25.5 Å². The van der Waals surface area contributed by atoms with E-state index in [0.29, 0.717) is 36.2 Å². The highest BCUT2D eigenvalue weighted by atomic mass is 16.5. The highest BCUT2D eigenvalue weighted by molar-refractivity contribution is 6.12. The van der Waals surface area contributed by atoms with Crippen molar-refractivity contribution in [3.63, 3.8) is 0 Å². The number of amides is 3. The van der Waals surface area contributed by atoms with Gasteiger partial charge in [0, 0.05) is 18.5 Å². The Hall–Kier alpha value is -3.68. The van der Waals surface area contributed by atoms with Gasteiger partial charge in [-0.15, -0.1) is 0 Å². The Bertz CT molecular complexity index is 1160. The van der Waals surface area contributed by atoms with Crippen LogP contribution in [0.5, 0.6) is 0 Å². The molecule has 0 aromatic heterocycles. The number of anilines is 2. The van der Waals surface area contributed by atoms with Crippen LogP contribution in [0, 0.1) is 0 Å². The first-order chi connectivity index (χ1) is 15.4. The van der Waals surface area contributed by atoms with E-state index < -0.39 is 23.6 Å². The van der Waals surface area contributed by atoms with Crippen molar-refractivity contribution in [1.82, 2.24) is 4.90 Å². The van der Waals surface area contributed by atoms with E-state index in [4.69, 9.17) is 4.74 Å². The third-order valence-corrected chi connectivity index (χ3v) is 6.76.